The molecule has 1 aliphatic rings. The van der Waals surface area contributed by atoms with Crippen molar-refractivity contribution in [1.82, 2.24) is 0 Å². The lowest BCUT2D eigenvalue weighted by molar-refractivity contribution is 0.0974. The number of halogens is 2. The molecule has 1 unspecified atom stereocenters. The summed E-state index contributed by atoms with van der Waals surface area (Å²) in [6, 6.07) is 10.6. The lowest BCUT2D eigenvalue weighted by atomic mass is 9.95. The van der Waals surface area contributed by atoms with E-state index < -0.39 is 11.6 Å². The van der Waals surface area contributed by atoms with Gasteiger partial charge in [-0.05, 0) is 43.5 Å². The molecule has 1 aliphatic heterocycles. The van der Waals surface area contributed by atoms with Gasteiger partial charge >= 0.3 is 0 Å². The fraction of sp³-hybridized carbons (Fsp3) is 0.235. The summed E-state index contributed by atoms with van der Waals surface area (Å²) < 4.78 is 26.7. The van der Waals surface area contributed by atoms with Crippen LogP contribution in [0.1, 0.15) is 29.3 Å². The third kappa shape index (κ3) is 2.53. The van der Waals surface area contributed by atoms with Crippen LogP contribution in [-0.4, -0.2) is 11.9 Å². The number of hydrogen-bond acceptors (Lipinski definition) is 1. The monoisotopic (exact) mass is 287 g/mol. The molecule has 0 radical (unpaired) electrons. The van der Waals surface area contributed by atoms with Crippen LogP contribution in [0, 0.1) is 11.6 Å². The first-order chi connectivity index (χ1) is 10.1. The van der Waals surface area contributed by atoms with E-state index in [0.29, 0.717) is 0 Å². The average molecular weight is 287 g/mol. The molecule has 0 saturated carbocycles. The summed E-state index contributed by atoms with van der Waals surface area (Å²) >= 11 is 0. The van der Waals surface area contributed by atoms with Gasteiger partial charge in [0, 0.05) is 23.4 Å². The van der Waals surface area contributed by atoms with Crippen molar-refractivity contribution in [3.63, 3.8) is 0 Å². The minimum atomic E-state index is -0.740. The number of rotatable bonds is 1. The number of amides is 1. The van der Waals surface area contributed by atoms with E-state index in [9.17, 15) is 13.6 Å². The molecule has 2 nitrogen and oxygen atoms in total. The summed E-state index contributed by atoms with van der Waals surface area (Å²) in [5.41, 5.74) is 1.95. The molecule has 0 fully saturated rings. The third-order valence-corrected chi connectivity index (χ3v) is 3.85. The predicted octanol–water partition coefficient (Wildman–Crippen LogP) is 3.95. The third-order valence-electron chi connectivity index (χ3n) is 3.85. The Kier molecular flexibility index (Phi) is 3.45. The molecule has 2 aromatic carbocycles. The number of para-hydroxylation sites is 1. The zero-order chi connectivity index (χ0) is 15.0. The van der Waals surface area contributed by atoms with Crippen LogP contribution in [0.25, 0.3) is 0 Å². The fourth-order valence-corrected chi connectivity index (χ4v) is 2.81. The van der Waals surface area contributed by atoms with E-state index in [1.54, 1.807) is 4.90 Å². The predicted molar refractivity (Wildman–Crippen MR) is 77.4 cm³/mol. The highest BCUT2D eigenvalue weighted by molar-refractivity contribution is 6.07. The van der Waals surface area contributed by atoms with Crippen molar-refractivity contribution < 1.29 is 13.6 Å². The van der Waals surface area contributed by atoms with Crippen LogP contribution >= 0.6 is 0 Å². The first-order valence-corrected chi connectivity index (χ1v) is 6.94. The van der Waals surface area contributed by atoms with Crippen molar-refractivity contribution in [2.24, 2.45) is 0 Å². The highest BCUT2D eigenvalue weighted by atomic mass is 19.1. The van der Waals surface area contributed by atoms with Crippen LogP contribution in [0.3, 0.4) is 0 Å². The maximum Gasteiger partial charge on any atom is 0.258 e. The minimum Gasteiger partial charge on any atom is -0.305 e. The van der Waals surface area contributed by atoms with Crippen LogP contribution in [0.2, 0.25) is 0 Å². The van der Waals surface area contributed by atoms with E-state index in [4.69, 9.17) is 0 Å². The van der Waals surface area contributed by atoms with E-state index in [0.717, 1.165) is 42.3 Å². The fourth-order valence-electron chi connectivity index (χ4n) is 2.81. The largest absolute Gasteiger partial charge is 0.305 e. The summed E-state index contributed by atoms with van der Waals surface area (Å²) in [7, 11) is 0. The van der Waals surface area contributed by atoms with Gasteiger partial charge in [-0.2, -0.15) is 0 Å². The van der Waals surface area contributed by atoms with Crippen molar-refractivity contribution in [2.45, 2.75) is 25.8 Å². The number of aryl methyl sites for hydroxylation is 1. The minimum absolute atomic E-state index is 0.00118. The van der Waals surface area contributed by atoms with Gasteiger partial charge in [0.1, 0.15) is 11.6 Å². The Morgan fingerprint density at radius 3 is 2.52 bits per heavy atom. The first-order valence-electron chi connectivity index (χ1n) is 6.94. The Hall–Kier alpha value is -2.23. The summed E-state index contributed by atoms with van der Waals surface area (Å²) in [6.45, 7) is 1.95. The van der Waals surface area contributed by atoms with Crippen LogP contribution in [-0.2, 0) is 6.42 Å². The summed E-state index contributed by atoms with van der Waals surface area (Å²) in [6.07, 6.45) is 1.74. The van der Waals surface area contributed by atoms with E-state index in [2.05, 4.69) is 0 Å². The zero-order valence-corrected chi connectivity index (χ0v) is 11.6. The van der Waals surface area contributed by atoms with Crippen LogP contribution in [0.4, 0.5) is 14.5 Å². The highest BCUT2D eigenvalue weighted by Gasteiger charge is 2.29. The van der Waals surface area contributed by atoms with Gasteiger partial charge in [-0.25, -0.2) is 8.78 Å². The normalized spacial score (nSPS) is 17.5. The Morgan fingerprint density at radius 2 is 1.81 bits per heavy atom. The van der Waals surface area contributed by atoms with Gasteiger partial charge in [-0.15, -0.1) is 0 Å². The maximum absolute atomic E-state index is 13.3. The molecule has 108 valence electrons. The molecule has 0 spiro atoms. The second-order valence-electron chi connectivity index (χ2n) is 5.35. The van der Waals surface area contributed by atoms with E-state index in [1.165, 1.54) is 0 Å². The van der Waals surface area contributed by atoms with Gasteiger partial charge in [-0.1, -0.05) is 18.2 Å². The Bertz CT molecular complexity index is 679. The second kappa shape index (κ2) is 5.28. The van der Waals surface area contributed by atoms with Crippen molar-refractivity contribution in [3.8, 4) is 0 Å². The lowest BCUT2D eigenvalue weighted by Crippen LogP contribution is -2.42. The molecule has 1 amide bonds. The number of carbonyl (C=O) groups excluding carboxylic acids is 1. The van der Waals surface area contributed by atoms with Crippen molar-refractivity contribution >= 4 is 11.6 Å². The molecule has 1 atom stereocenters. The molecule has 3 rings (SSSR count). The van der Waals surface area contributed by atoms with E-state index >= 15 is 0 Å². The molecule has 1 heterocycles. The average Bonchev–Trinajstić information content (AvgIpc) is 2.45. The van der Waals surface area contributed by atoms with Gasteiger partial charge in [0.05, 0.1) is 0 Å². The number of hydrogen-bond donors (Lipinski definition) is 0. The molecule has 0 bridgehead atoms. The molecule has 0 N–H and O–H groups in total. The standard InChI is InChI=1S/C17H15F2NO/c1-11-6-7-12-4-2-3-5-16(12)20(11)17(21)13-8-14(18)10-15(19)9-13/h2-5,8-11H,6-7H2,1H3. The van der Waals surface area contributed by atoms with Crippen molar-refractivity contribution in [3.05, 3.63) is 65.2 Å². The zero-order valence-electron chi connectivity index (χ0n) is 11.6. The molecule has 4 heteroatoms. The number of carbonyl (C=O) groups is 1. The summed E-state index contributed by atoms with van der Waals surface area (Å²) in [4.78, 5) is 14.3. The molecule has 0 aliphatic carbocycles. The summed E-state index contributed by atoms with van der Waals surface area (Å²) in [5.74, 6) is -1.85. The quantitative estimate of drug-likeness (QED) is 0.777. The molecule has 21 heavy (non-hydrogen) atoms. The molecule has 0 aromatic heterocycles. The summed E-state index contributed by atoms with van der Waals surface area (Å²) in [5, 5.41) is 0. The van der Waals surface area contributed by atoms with Crippen molar-refractivity contribution in [1.29, 1.82) is 0 Å². The van der Waals surface area contributed by atoms with Gasteiger partial charge in [0.15, 0.2) is 0 Å². The van der Waals surface area contributed by atoms with Crippen molar-refractivity contribution in [2.75, 3.05) is 4.90 Å². The maximum atomic E-state index is 13.3. The van der Waals surface area contributed by atoms with Gasteiger partial charge in [0.2, 0.25) is 0 Å². The number of fused-ring (bicyclic) bond motifs is 1. The number of benzene rings is 2. The molecular weight excluding hydrogens is 272 g/mol. The van der Waals surface area contributed by atoms with Gasteiger partial charge in [-0.3, -0.25) is 4.79 Å². The number of nitrogens with zero attached hydrogens (tertiary/aromatic N) is 1. The van der Waals surface area contributed by atoms with Gasteiger partial charge in [0.25, 0.3) is 5.91 Å². The first kappa shape index (κ1) is 13.7. The molecule has 0 saturated heterocycles. The molecular formula is C17H15F2NO. The second-order valence-corrected chi connectivity index (χ2v) is 5.35. The van der Waals surface area contributed by atoms with Crippen LogP contribution < -0.4 is 4.90 Å². The highest BCUT2D eigenvalue weighted by Crippen LogP contribution is 2.31. The SMILES string of the molecule is CC1CCc2ccccc2N1C(=O)c1cc(F)cc(F)c1. The Morgan fingerprint density at radius 1 is 1.14 bits per heavy atom. The van der Waals surface area contributed by atoms with E-state index in [-0.39, 0.29) is 17.5 Å². The smallest absolute Gasteiger partial charge is 0.258 e. The Labute approximate surface area is 122 Å². The van der Waals surface area contributed by atoms with Crippen LogP contribution in [0.5, 0.6) is 0 Å². The molecule has 2 aromatic rings. The number of anilines is 1. The van der Waals surface area contributed by atoms with Gasteiger partial charge < -0.3 is 4.90 Å². The lowest BCUT2D eigenvalue weighted by Gasteiger charge is -2.35. The Balaban J connectivity index is 2.04. The topological polar surface area (TPSA) is 20.3 Å². The van der Waals surface area contributed by atoms with Crippen LogP contribution in [0.15, 0.2) is 42.5 Å². The van der Waals surface area contributed by atoms with E-state index in [1.807, 2.05) is 31.2 Å².